The Bertz CT molecular complexity index is 1440. The Morgan fingerprint density at radius 2 is 1.43 bits per heavy atom. The minimum Gasteiger partial charge on any atom is -0.325 e. The summed E-state index contributed by atoms with van der Waals surface area (Å²) in [6, 6.07) is 17.4. The van der Waals surface area contributed by atoms with Crippen LogP contribution in [0.4, 0.5) is 10.1 Å². The van der Waals surface area contributed by atoms with Gasteiger partial charge >= 0.3 is 0 Å². The van der Waals surface area contributed by atoms with E-state index in [1.807, 2.05) is 0 Å². The van der Waals surface area contributed by atoms with Crippen molar-refractivity contribution < 1.29 is 26.0 Å². The fourth-order valence-electron chi connectivity index (χ4n) is 3.73. The van der Waals surface area contributed by atoms with Crippen molar-refractivity contribution in [3.8, 4) is 0 Å². The van der Waals surface area contributed by atoms with Gasteiger partial charge in [0, 0.05) is 25.3 Å². The third-order valence-electron chi connectivity index (χ3n) is 5.51. The molecule has 0 unspecified atom stereocenters. The highest BCUT2D eigenvalue weighted by Crippen LogP contribution is 2.27. The van der Waals surface area contributed by atoms with Crippen molar-refractivity contribution in [2.24, 2.45) is 0 Å². The number of nitrogens with zero attached hydrogens (tertiary/aromatic N) is 2. The molecule has 1 saturated heterocycles. The molecule has 4 rings (SSSR count). The summed E-state index contributed by atoms with van der Waals surface area (Å²) in [5, 5.41) is 2.30. The number of nitrogens with one attached hydrogen (secondary N) is 1. The first-order valence-corrected chi connectivity index (χ1v) is 13.7. The molecule has 0 aromatic heterocycles. The standard InChI is InChI=1S/C23H21ClFN3O5S2/c24-20-15-17(11-12-21(20)25)26-23(29)22-16-27(34(30,31)18-7-3-1-4-8-18)13-14-28(22)35(32,33)19-9-5-2-6-10-19/h1-12,15,22H,13-14,16H2,(H,26,29)/t22-/m0/s1. The number of carbonyl (C=O) groups is 1. The predicted molar refractivity (Wildman–Crippen MR) is 129 cm³/mol. The zero-order valence-corrected chi connectivity index (χ0v) is 20.6. The second-order valence-electron chi connectivity index (χ2n) is 7.74. The number of amides is 1. The van der Waals surface area contributed by atoms with Gasteiger partial charge in [0.2, 0.25) is 26.0 Å². The number of rotatable bonds is 6. The van der Waals surface area contributed by atoms with Crippen LogP contribution >= 0.6 is 11.6 Å². The molecule has 0 saturated carbocycles. The lowest BCUT2D eigenvalue weighted by atomic mass is 10.2. The molecular formula is C23H21ClFN3O5S2. The van der Waals surface area contributed by atoms with Crippen LogP contribution in [0.2, 0.25) is 5.02 Å². The molecule has 1 aliphatic rings. The lowest BCUT2D eigenvalue weighted by molar-refractivity contribution is -0.120. The molecule has 3 aromatic carbocycles. The Morgan fingerprint density at radius 3 is 2.00 bits per heavy atom. The minimum atomic E-state index is -4.13. The number of hydrogen-bond donors (Lipinski definition) is 1. The maximum atomic E-state index is 13.5. The molecule has 1 fully saturated rings. The molecule has 1 amide bonds. The van der Waals surface area contributed by atoms with Gasteiger partial charge in [0.25, 0.3) is 0 Å². The average Bonchev–Trinajstić information content (AvgIpc) is 2.87. The van der Waals surface area contributed by atoms with Gasteiger partial charge in [-0.15, -0.1) is 0 Å². The van der Waals surface area contributed by atoms with Crippen LogP contribution in [0, 0.1) is 5.82 Å². The molecule has 3 aromatic rings. The SMILES string of the molecule is O=C(Nc1ccc(F)c(Cl)c1)[C@@H]1CN(S(=O)(=O)c2ccccc2)CCN1S(=O)(=O)c1ccccc1. The monoisotopic (exact) mass is 537 g/mol. The maximum Gasteiger partial charge on any atom is 0.244 e. The smallest absolute Gasteiger partial charge is 0.244 e. The molecule has 0 bridgehead atoms. The third kappa shape index (κ3) is 5.24. The minimum absolute atomic E-state index is 0.0259. The molecule has 1 atom stereocenters. The van der Waals surface area contributed by atoms with E-state index >= 15 is 0 Å². The van der Waals surface area contributed by atoms with Crippen molar-refractivity contribution in [1.82, 2.24) is 8.61 Å². The molecule has 1 aliphatic heterocycles. The van der Waals surface area contributed by atoms with Gasteiger partial charge in [0.1, 0.15) is 11.9 Å². The zero-order chi connectivity index (χ0) is 25.2. The Labute approximate surface area is 208 Å². The van der Waals surface area contributed by atoms with Crippen LogP contribution in [-0.4, -0.2) is 57.0 Å². The van der Waals surface area contributed by atoms with Crippen LogP contribution in [0.5, 0.6) is 0 Å². The predicted octanol–water partition coefficient (Wildman–Crippen LogP) is 3.18. The number of benzene rings is 3. The van der Waals surface area contributed by atoms with Crippen molar-refractivity contribution in [3.63, 3.8) is 0 Å². The van der Waals surface area contributed by atoms with Gasteiger partial charge in [-0.05, 0) is 42.5 Å². The van der Waals surface area contributed by atoms with Crippen molar-refractivity contribution in [2.75, 3.05) is 25.0 Å². The van der Waals surface area contributed by atoms with Gasteiger partial charge in [-0.2, -0.15) is 8.61 Å². The Kier molecular flexibility index (Phi) is 7.25. The number of hydrogen-bond acceptors (Lipinski definition) is 5. The Hall–Kier alpha value is -2.83. The van der Waals surface area contributed by atoms with E-state index < -0.39 is 44.4 Å². The number of sulfonamides is 2. The first-order chi connectivity index (χ1) is 16.6. The van der Waals surface area contributed by atoms with Gasteiger partial charge in [0.05, 0.1) is 14.8 Å². The summed E-state index contributed by atoms with van der Waals surface area (Å²) in [6.07, 6.45) is 0. The van der Waals surface area contributed by atoms with E-state index in [-0.39, 0.29) is 33.6 Å². The van der Waals surface area contributed by atoms with Gasteiger partial charge in [-0.25, -0.2) is 21.2 Å². The lowest BCUT2D eigenvalue weighted by Crippen LogP contribution is -2.60. The van der Waals surface area contributed by atoms with Crippen LogP contribution in [0.25, 0.3) is 0 Å². The fraction of sp³-hybridized carbons (Fsp3) is 0.174. The molecule has 0 radical (unpaired) electrons. The number of carbonyl (C=O) groups excluding carboxylic acids is 1. The van der Waals surface area contributed by atoms with Crippen molar-refractivity contribution in [2.45, 2.75) is 15.8 Å². The molecule has 1 N–H and O–H groups in total. The highest BCUT2D eigenvalue weighted by atomic mass is 35.5. The second kappa shape index (κ2) is 10.0. The quantitative estimate of drug-likeness (QED) is 0.520. The van der Waals surface area contributed by atoms with Crippen LogP contribution in [-0.2, 0) is 24.8 Å². The van der Waals surface area contributed by atoms with Crippen LogP contribution < -0.4 is 5.32 Å². The van der Waals surface area contributed by atoms with Crippen LogP contribution in [0.15, 0.2) is 88.7 Å². The molecular weight excluding hydrogens is 517 g/mol. The van der Waals surface area contributed by atoms with E-state index in [0.29, 0.717) is 0 Å². The normalized spacial score (nSPS) is 17.7. The van der Waals surface area contributed by atoms with Crippen molar-refractivity contribution in [1.29, 1.82) is 0 Å². The van der Waals surface area contributed by atoms with E-state index in [1.54, 1.807) is 36.4 Å². The molecule has 184 valence electrons. The highest BCUT2D eigenvalue weighted by molar-refractivity contribution is 7.89. The zero-order valence-electron chi connectivity index (χ0n) is 18.2. The molecule has 8 nitrogen and oxygen atoms in total. The highest BCUT2D eigenvalue weighted by Gasteiger charge is 2.43. The molecule has 35 heavy (non-hydrogen) atoms. The van der Waals surface area contributed by atoms with Gasteiger partial charge in [0.15, 0.2) is 0 Å². The maximum absolute atomic E-state index is 13.5. The lowest BCUT2D eigenvalue weighted by Gasteiger charge is -2.38. The number of anilines is 1. The Morgan fingerprint density at radius 1 is 0.857 bits per heavy atom. The first kappa shape index (κ1) is 25.3. The van der Waals surface area contributed by atoms with E-state index in [0.717, 1.165) is 14.7 Å². The summed E-state index contributed by atoms with van der Waals surface area (Å²) in [4.78, 5) is 13.3. The van der Waals surface area contributed by atoms with Gasteiger partial charge in [-0.3, -0.25) is 4.79 Å². The molecule has 0 aliphatic carbocycles. The van der Waals surface area contributed by atoms with E-state index in [1.165, 1.54) is 36.4 Å². The van der Waals surface area contributed by atoms with Gasteiger partial charge in [-0.1, -0.05) is 48.0 Å². The topological polar surface area (TPSA) is 104 Å². The molecule has 1 heterocycles. The third-order valence-corrected chi connectivity index (χ3v) is 9.61. The average molecular weight is 538 g/mol. The van der Waals surface area contributed by atoms with Gasteiger partial charge < -0.3 is 5.32 Å². The summed E-state index contributed by atoms with van der Waals surface area (Å²) in [5.41, 5.74) is 0.140. The van der Waals surface area contributed by atoms with E-state index in [9.17, 15) is 26.0 Å². The summed E-state index contributed by atoms with van der Waals surface area (Å²) >= 11 is 5.80. The summed E-state index contributed by atoms with van der Waals surface area (Å²) in [6.45, 7) is -0.801. The van der Waals surface area contributed by atoms with Crippen LogP contribution in [0.1, 0.15) is 0 Å². The number of halogens is 2. The Balaban J connectivity index is 1.69. The largest absolute Gasteiger partial charge is 0.325 e. The van der Waals surface area contributed by atoms with Crippen LogP contribution in [0.3, 0.4) is 0 Å². The van der Waals surface area contributed by atoms with E-state index in [4.69, 9.17) is 11.6 Å². The first-order valence-electron chi connectivity index (χ1n) is 10.5. The van der Waals surface area contributed by atoms with E-state index in [2.05, 4.69) is 5.32 Å². The second-order valence-corrected chi connectivity index (χ2v) is 12.0. The van der Waals surface area contributed by atoms with Crippen molar-refractivity contribution >= 4 is 43.2 Å². The fourth-order valence-corrected chi connectivity index (χ4v) is 6.96. The summed E-state index contributed by atoms with van der Waals surface area (Å²) < 4.78 is 68.8. The van der Waals surface area contributed by atoms with Crippen molar-refractivity contribution in [3.05, 3.63) is 89.7 Å². The molecule has 12 heteroatoms. The molecule has 0 spiro atoms. The summed E-state index contributed by atoms with van der Waals surface area (Å²) in [7, 11) is -8.12. The number of piperazine rings is 1. The summed E-state index contributed by atoms with van der Waals surface area (Å²) in [5.74, 6) is -1.46.